The number of hydrogen-bond acceptors (Lipinski definition) is 5. The van der Waals surface area contributed by atoms with E-state index >= 15 is 0 Å². The quantitative estimate of drug-likeness (QED) is 0.650. The molecular formula is C14H21NO4. The van der Waals surface area contributed by atoms with E-state index in [2.05, 4.69) is 0 Å². The van der Waals surface area contributed by atoms with Gasteiger partial charge < -0.3 is 9.47 Å². The van der Waals surface area contributed by atoms with Crippen LogP contribution in [0.1, 0.15) is 26.3 Å². The van der Waals surface area contributed by atoms with Crippen molar-refractivity contribution < 1.29 is 19.1 Å². The monoisotopic (exact) mass is 267 g/mol. The number of carbonyl (C=O) groups excluding carboxylic acids is 1. The number of rotatable bonds is 5. The molecule has 0 saturated carbocycles. The molecule has 0 fully saturated rings. The van der Waals surface area contributed by atoms with Gasteiger partial charge in [-0.15, -0.1) is 0 Å². The molecule has 1 rings (SSSR count). The lowest BCUT2D eigenvalue weighted by Crippen LogP contribution is -2.48. The maximum Gasteiger partial charge on any atom is 0.348 e. The Hall–Kier alpha value is -1.43. The summed E-state index contributed by atoms with van der Waals surface area (Å²) in [7, 11) is 1.47. The molecule has 0 saturated heterocycles. The molecule has 0 aliphatic rings. The second-order valence-corrected chi connectivity index (χ2v) is 5.25. The van der Waals surface area contributed by atoms with Crippen molar-refractivity contribution in [2.45, 2.75) is 32.0 Å². The fourth-order valence-electron chi connectivity index (χ4n) is 1.68. The molecular weight excluding hydrogens is 246 g/mol. The largest absolute Gasteiger partial charge is 0.457 e. The molecule has 0 aliphatic heterocycles. The van der Waals surface area contributed by atoms with Crippen molar-refractivity contribution >= 4 is 5.97 Å². The van der Waals surface area contributed by atoms with Crippen LogP contribution in [-0.4, -0.2) is 25.3 Å². The third-order valence-electron chi connectivity index (χ3n) is 2.52. The van der Waals surface area contributed by atoms with Crippen LogP contribution in [0.15, 0.2) is 30.3 Å². The van der Waals surface area contributed by atoms with Crippen LogP contribution in [0.4, 0.5) is 0 Å². The lowest BCUT2D eigenvalue weighted by molar-refractivity contribution is -0.194. The molecule has 0 heterocycles. The van der Waals surface area contributed by atoms with Crippen LogP contribution in [0.3, 0.4) is 0 Å². The van der Waals surface area contributed by atoms with Gasteiger partial charge in [-0.3, -0.25) is 4.84 Å². The maximum absolute atomic E-state index is 12.4. The van der Waals surface area contributed by atoms with Crippen LogP contribution in [-0.2, 0) is 24.7 Å². The maximum atomic E-state index is 12.4. The first kappa shape index (κ1) is 15.6. The van der Waals surface area contributed by atoms with E-state index in [4.69, 9.17) is 20.2 Å². The number of methoxy groups -OCH3 is 1. The summed E-state index contributed by atoms with van der Waals surface area (Å²) in [6.45, 7) is 5.32. The Balaban J connectivity index is 3.16. The highest BCUT2D eigenvalue weighted by Crippen LogP contribution is 2.28. The Morgan fingerprint density at radius 2 is 1.79 bits per heavy atom. The summed E-state index contributed by atoms with van der Waals surface area (Å²) in [5.74, 6) is 4.79. The lowest BCUT2D eigenvalue weighted by Gasteiger charge is -2.32. The number of benzene rings is 1. The van der Waals surface area contributed by atoms with Gasteiger partial charge in [0.15, 0.2) is 0 Å². The topological polar surface area (TPSA) is 70.8 Å². The Bertz CT molecular complexity index is 413. The van der Waals surface area contributed by atoms with Crippen molar-refractivity contribution in [3.05, 3.63) is 35.9 Å². The molecule has 1 aromatic carbocycles. The molecule has 0 radical (unpaired) electrons. The van der Waals surface area contributed by atoms with Crippen LogP contribution in [0.2, 0.25) is 0 Å². The van der Waals surface area contributed by atoms with Gasteiger partial charge in [-0.25, -0.2) is 10.7 Å². The van der Waals surface area contributed by atoms with E-state index in [1.54, 1.807) is 45.0 Å². The molecule has 5 nitrogen and oxygen atoms in total. The third-order valence-corrected chi connectivity index (χ3v) is 2.52. The average molecular weight is 267 g/mol. The van der Waals surface area contributed by atoms with Gasteiger partial charge in [-0.2, -0.15) is 0 Å². The van der Waals surface area contributed by atoms with E-state index in [9.17, 15) is 4.79 Å². The van der Waals surface area contributed by atoms with Gasteiger partial charge in [-0.1, -0.05) is 30.3 Å². The highest BCUT2D eigenvalue weighted by atomic mass is 16.7. The standard InChI is InChI=1S/C14H21NO4/c1-13(2,3)18-12(16)14(19-15,10-17-4)11-8-6-5-7-9-11/h5-9H,10,15H2,1-4H3/t14-/m0/s1. The van der Waals surface area contributed by atoms with Crippen LogP contribution in [0.25, 0.3) is 0 Å². The summed E-state index contributed by atoms with van der Waals surface area (Å²) < 4.78 is 10.5. The van der Waals surface area contributed by atoms with Crippen molar-refractivity contribution in [1.82, 2.24) is 0 Å². The first-order valence-corrected chi connectivity index (χ1v) is 6.01. The summed E-state index contributed by atoms with van der Waals surface area (Å²) in [5.41, 5.74) is -1.50. The van der Waals surface area contributed by atoms with E-state index < -0.39 is 17.2 Å². The van der Waals surface area contributed by atoms with Crippen molar-refractivity contribution in [2.75, 3.05) is 13.7 Å². The minimum absolute atomic E-state index is 0.0254. The molecule has 0 amide bonds. The van der Waals surface area contributed by atoms with Crippen molar-refractivity contribution in [1.29, 1.82) is 0 Å². The molecule has 1 aromatic rings. The fraction of sp³-hybridized carbons (Fsp3) is 0.500. The van der Waals surface area contributed by atoms with Gasteiger partial charge in [0.05, 0.1) is 6.61 Å². The van der Waals surface area contributed by atoms with Crippen LogP contribution < -0.4 is 5.90 Å². The normalized spacial score (nSPS) is 14.8. The first-order valence-electron chi connectivity index (χ1n) is 6.01. The summed E-state index contributed by atoms with van der Waals surface area (Å²) in [5, 5.41) is 0. The zero-order valence-electron chi connectivity index (χ0n) is 11.8. The van der Waals surface area contributed by atoms with Gasteiger partial charge in [0.2, 0.25) is 5.60 Å². The minimum atomic E-state index is -1.46. The van der Waals surface area contributed by atoms with Crippen LogP contribution in [0.5, 0.6) is 0 Å². The zero-order chi connectivity index (χ0) is 14.5. The van der Waals surface area contributed by atoms with Gasteiger partial charge >= 0.3 is 5.97 Å². The second kappa shape index (κ2) is 6.14. The lowest BCUT2D eigenvalue weighted by atomic mass is 9.94. The van der Waals surface area contributed by atoms with E-state index in [0.717, 1.165) is 0 Å². The predicted molar refractivity (Wildman–Crippen MR) is 71.1 cm³/mol. The van der Waals surface area contributed by atoms with Crippen LogP contribution in [0, 0.1) is 0 Å². The fourth-order valence-corrected chi connectivity index (χ4v) is 1.68. The van der Waals surface area contributed by atoms with Gasteiger partial charge in [0.25, 0.3) is 0 Å². The Morgan fingerprint density at radius 1 is 1.21 bits per heavy atom. The molecule has 1 atom stereocenters. The summed E-state index contributed by atoms with van der Waals surface area (Å²) in [4.78, 5) is 17.4. The smallest absolute Gasteiger partial charge is 0.348 e. The Kier molecular flexibility index (Phi) is 5.05. The molecule has 106 valence electrons. The van der Waals surface area contributed by atoms with Crippen molar-refractivity contribution in [2.24, 2.45) is 5.90 Å². The highest BCUT2D eigenvalue weighted by Gasteiger charge is 2.45. The number of esters is 1. The van der Waals surface area contributed by atoms with Gasteiger partial charge in [0, 0.05) is 7.11 Å². The van der Waals surface area contributed by atoms with Crippen molar-refractivity contribution in [3.63, 3.8) is 0 Å². The summed E-state index contributed by atoms with van der Waals surface area (Å²) >= 11 is 0. The molecule has 0 spiro atoms. The average Bonchev–Trinajstić information content (AvgIpc) is 2.35. The molecule has 0 aromatic heterocycles. The summed E-state index contributed by atoms with van der Waals surface area (Å²) in [6.07, 6.45) is 0. The zero-order valence-corrected chi connectivity index (χ0v) is 11.8. The van der Waals surface area contributed by atoms with Gasteiger partial charge in [0.1, 0.15) is 5.60 Å². The predicted octanol–water partition coefficient (Wildman–Crippen LogP) is 1.76. The Morgan fingerprint density at radius 3 is 2.21 bits per heavy atom. The first-order chi connectivity index (χ1) is 8.85. The molecule has 5 heteroatoms. The molecule has 0 aliphatic carbocycles. The van der Waals surface area contributed by atoms with E-state index in [1.807, 2.05) is 6.07 Å². The number of carbonyl (C=O) groups is 1. The number of ether oxygens (including phenoxy) is 2. The molecule has 2 N–H and O–H groups in total. The van der Waals surface area contributed by atoms with E-state index in [1.165, 1.54) is 7.11 Å². The number of hydrogen-bond donors (Lipinski definition) is 1. The van der Waals surface area contributed by atoms with E-state index in [-0.39, 0.29) is 6.61 Å². The summed E-state index contributed by atoms with van der Waals surface area (Å²) in [6, 6.07) is 8.92. The van der Waals surface area contributed by atoms with Crippen molar-refractivity contribution in [3.8, 4) is 0 Å². The molecule has 19 heavy (non-hydrogen) atoms. The third kappa shape index (κ3) is 3.76. The van der Waals surface area contributed by atoms with Crippen LogP contribution >= 0.6 is 0 Å². The van der Waals surface area contributed by atoms with Gasteiger partial charge in [-0.05, 0) is 26.3 Å². The number of nitrogens with two attached hydrogens (primary N) is 1. The second-order valence-electron chi connectivity index (χ2n) is 5.25. The minimum Gasteiger partial charge on any atom is -0.457 e. The highest BCUT2D eigenvalue weighted by molar-refractivity contribution is 5.82. The Labute approximate surface area is 113 Å². The SMILES string of the molecule is COC[C@@](ON)(C(=O)OC(C)(C)C)c1ccccc1. The molecule has 0 bridgehead atoms. The van der Waals surface area contributed by atoms with E-state index in [0.29, 0.717) is 5.56 Å². The molecule has 0 unspecified atom stereocenters.